The number of ether oxygens (including phenoxy) is 1. The summed E-state index contributed by atoms with van der Waals surface area (Å²) in [7, 11) is 0. The summed E-state index contributed by atoms with van der Waals surface area (Å²) in [6, 6.07) is 7.28. The number of oxime groups is 1. The lowest BCUT2D eigenvalue weighted by Crippen LogP contribution is -2.13. The van der Waals surface area contributed by atoms with Crippen molar-refractivity contribution in [1.29, 1.82) is 0 Å². The van der Waals surface area contributed by atoms with Crippen LogP contribution in [0.2, 0.25) is 0 Å². The number of hydrogen-bond acceptors (Lipinski definition) is 3. The SMILES string of the molecule is NC(=NO)c1ccc(OCC2CCCC2)cc1. The third kappa shape index (κ3) is 3.12. The van der Waals surface area contributed by atoms with E-state index in [0.717, 1.165) is 12.4 Å². The van der Waals surface area contributed by atoms with E-state index in [9.17, 15) is 0 Å². The monoisotopic (exact) mass is 234 g/mol. The second-order valence-corrected chi connectivity index (χ2v) is 4.47. The maximum atomic E-state index is 8.54. The first kappa shape index (κ1) is 11.8. The van der Waals surface area contributed by atoms with Gasteiger partial charge < -0.3 is 15.7 Å². The highest BCUT2D eigenvalue weighted by molar-refractivity contribution is 5.97. The second kappa shape index (κ2) is 5.57. The van der Waals surface area contributed by atoms with E-state index in [1.165, 1.54) is 25.7 Å². The number of benzene rings is 1. The lowest BCUT2D eigenvalue weighted by atomic mass is 10.1. The van der Waals surface area contributed by atoms with Crippen molar-refractivity contribution in [3.8, 4) is 5.75 Å². The second-order valence-electron chi connectivity index (χ2n) is 4.47. The summed E-state index contributed by atoms with van der Waals surface area (Å²) in [6.45, 7) is 0.795. The van der Waals surface area contributed by atoms with E-state index < -0.39 is 0 Å². The lowest BCUT2D eigenvalue weighted by Gasteiger charge is -2.11. The Kier molecular flexibility index (Phi) is 3.85. The van der Waals surface area contributed by atoms with Crippen LogP contribution in [0.5, 0.6) is 5.75 Å². The normalized spacial score (nSPS) is 17.3. The lowest BCUT2D eigenvalue weighted by molar-refractivity contribution is 0.252. The molecule has 0 bridgehead atoms. The molecule has 3 N–H and O–H groups in total. The van der Waals surface area contributed by atoms with Gasteiger partial charge in [-0.3, -0.25) is 0 Å². The molecule has 1 aliphatic carbocycles. The highest BCUT2D eigenvalue weighted by Gasteiger charge is 2.15. The van der Waals surface area contributed by atoms with Crippen LogP contribution in [-0.2, 0) is 0 Å². The molecule has 0 aliphatic heterocycles. The Morgan fingerprint density at radius 2 is 1.94 bits per heavy atom. The van der Waals surface area contributed by atoms with Crippen molar-refractivity contribution in [2.45, 2.75) is 25.7 Å². The van der Waals surface area contributed by atoms with E-state index in [1.54, 1.807) is 12.1 Å². The highest BCUT2D eigenvalue weighted by Crippen LogP contribution is 2.25. The molecule has 1 fully saturated rings. The number of rotatable bonds is 4. The molecule has 0 saturated heterocycles. The van der Waals surface area contributed by atoms with Gasteiger partial charge in [-0.2, -0.15) is 0 Å². The van der Waals surface area contributed by atoms with Crippen LogP contribution in [0.25, 0.3) is 0 Å². The molecule has 4 heteroatoms. The van der Waals surface area contributed by atoms with Crippen LogP contribution in [0.1, 0.15) is 31.2 Å². The van der Waals surface area contributed by atoms with Crippen LogP contribution in [-0.4, -0.2) is 17.6 Å². The Labute approximate surface area is 101 Å². The minimum Gasteiger partial charge on any atom is -0.493 e. The van der Waals surface area contributed by atoms with Crippen molar-refractivity contribution in [3.05, 3.63) is 29.8 Å². The van der Waals surface area contributed by atoms with Gasteiger partial charge in [-0.1, -0.05) is 18.0 Å². The number of hydrogen-bond donors (Lipinski definition) is 2. The molecule has 4 nitrogen and oxygen atoms in total. The van der Waals surface area contributed by atoms with E-state index in [1.807, 2.05) is 12.1 Å². The molecule has 2 rings (SSSR count). The van der Waals surface area contributed by atoms with Crippen LogP contribution < -0.4 is 10.5 Å². The summed E-state index contributed by atoms with van der Waals surface area (Å²) >= 11 is 0. The summed E-state index contributed by atoms with van der Waals surface area (Å²) in [5, 5.41) is 11.5. The third-order valence-electron chi connectivity index (χ3n) is 3.22. The molecule has 0 heterocycles. The van der Waals surface area contributed by atoms with Gasteiger partial charge in [-0.25, -0.2) is 0 Å². The zero-order chi connectivity index (χ0) is 12.1. The quantitative estimate of drug-likeness (QED) is 0.363. The molecule has 92 valence electrons. The van der Waals surface area contributed by atoms with Crippen LogP contribution in [0.4, 0.5) is 0 Å². The summed E-state index contributed by atoms with van der Waals surface area (Å²) < 4.78 is 5.72. The third-order valence-corrected chi connectivity index (χ3v) is 3.22. The Balaban J connectivity index is 1.89. The summed E-state index contributed by atoms with van der Waals surface area (Å²) in [5.41, 5.74) is 6.17. The minimum absolute atomic E-state index is 0.118. The van der Waals surface area contributed by atoms with Crippen molar-refractivity contribution < 1.29 is 9.94 Å². The smallest absolute Gasteiger partial charge is 0.170 e. The zero-order valence-corrected chi connectivity index (χ0v) is 9.80. The molecule has 1 aromatic rings. The fraction of sp³-hybridized carbons (Fsp3) is 0.462. The van der Waals surface area contributed by atoms with Gasteiger partial charge in [0.2, 0.25) is 0 Å². The first-order chi connectivity index (χ1) is 8.29. The van der Waals surface area contributed by atoms with E-state index in [2.05, 4.69) is 5.16 Å². The van der Waals surface area contributed by atoms with E-state index in [-0.39, 0.29) is 5.84 Å². The molecule has 0 aromatic heterocycles. The molecule has 1 saturated carbocycles. The molecule has 0 spiro atoms. The average Bonchev–Trinajstić information content (AvgIpc) is 2.89. The highest BCUT2D eigenvalue weighted by atomic mass is 16.5. The van der Waals surface area contributed by atoms with E-state index in [0.29, 0.717) is 11.5 Å². The topological polar surface area (TPSA) is 67.8 Å². The van der Waals surface area contributed by atoms with Gasteiger partial charge in [0.15, 0.2) is 5.84 Å². The van der Waals surface area contributed by atoms with Gasteiger partial charge in [-0.15, -0.1) is 0 Å². The van der Waals surface area contributed by atoms with Crippen molar-refractivity contribution >= 4 is 5.84 Å². The fourth-order valence-corrected chi connectivity index (χ4v) is 2.17. The maximum absolute atomic E-state index is 8.54. The molecule has 1 aliphatic rings. The van der Waals surface area contributed by atoms with Crippen LogP contribution in [0.15, 0.2) is 29.4 Å². The van der Waals surface area contributed by atoms with Gasteiger partial charge in [-0.05, 0) is 43.0 Å². The number of amidine groups is 1. The molecular weight excluding hydrogens is 216 g/mol. The largest absolute Gasteiger partial charge is 0.493 e. The predicted octanol–water partition coefficient (Wildman–Crippen LogP) is 2.35. The Morgan fingerprint density at radius 3 is 2.53 bits per heavy atom. The van der Waals surface area contributed by atoms with Crippen LogP contribution in [0, 0.1) is 5.92 Å². The molecule has 0 atom stereocenters. The van der Waals surface area contributed by atoms with Crippen molar-refractivity contribution in [1.82, 2.24) is 0 Å². The van der Waals surface area contributed by atoms with Gasteiger partial charge in [0, 0.05) is 5.56 Å². The summed E-state index contributed by atoms with van der Waals surface area (Å²) in [5.74, 6) is 1.66. The number of nitrogens with two attached hydrogens (primary N) is 1. The summed E-state index contributed by atoms with van der Waals surface area (Å²) in [4.78, 5) is 0. The van der Waals surface area contributed by atoms with Crippen molar-refractivity contribution in [2.75, 3.05) is 6.61 Å². The van der Waals surface area contributed by atoms with Gasteiger partial charge in [0.25, 0.3) is 0 Å². The molecule has 1 aromatic carbocycles. The maximum Gasteiger partial charge on any atom is 0.170 e. The molecule has 0 amide bonds. The zero-order valence-electron chi connectivity index (χ0n) is 9.80. The predicted molar refractivity (Wildman–Crippen MR) is 66.4 cm³/mol. The number of nitrogens with zero attached hydrogens (tertiary/aromatic N) is 1. The molecule has 0 radical (unpaired) electrons. The van der Waals surface area contributed by atoms with Crippen molar-refractivity contribution in [3.63, 3.8) is 0 Å². The fourth-order valence-electron chi connectivity index (χ4n) is 2.17. The Bertz CT molecular complexity index is 381. The molecule has 0 unspecified atom stereocenters. The van der Waals surface area contributed by atoms with Gasteiger partial charge >= 0.3 is 0 Å². The van der Waals surface area contributed by atoms with Crippen molar-refractivity contribution in [2.24, 2.45) is 16.8 Å². The molecule has 17 heavy (non-hydrogen) atoms. The molecular formula is C13H18N2O2. The van der Waals surface area contributed by atoms with Crippen LogP contribution >= 0.6 is 0 Å². The van der Waals surface area contributed by atoms with E-state index in [4.69, 9.17) is 15.7 Å². The Hall–Kier alpha value is -1.71. The Morgan fingerprint density at radius 1 is 1.29 bits per heavy atom. The van der Waals surface area contributed by atoms with Gasteiger partial charge in [0.05, 0.1) is 6.61 Å². The van der Waals surface area contributed by atoms with Gasteiger partial charge in [0.1, 0.15) is 5.75 Å². The van der Waals surface area contributed by atoms with E-state index >= 15 is 0 Å². The first-order valence-corrected chi connectivity index (χ1v) is 6.00. The standard InChI is InChI=1S/C13H18N2O2/c14-13(15-16)11-5-7-12(8-6-11)17-9-10-3-1-2-4-10/h5-8,10,16H,1-4,9H2,(H2,14,15). The average molecular weight is 234 g/mol. The summed E-state index contributed by atoms with van der Waals surface area (Å²) in [6.07, 6.45) is 5.22. The minimum atomic E-state index is 0.118. The van der Waals surface area contributed by atoms with Crippen LogP contribution in [0.3, 0.4) is 0 Å². The first-order valence-electron chi connectivity index (χ1n) is 6.00.